The molecule has 4 aliphatic carbocycles. The Morgan fingerprint density at radius 3 is 2.38 bits per heavy atom. The Labute approximate surface area is 172 Å². The van der Waals surface area contributed by atoms with Crippen LogP contribution in [0.5, 0.6) is 0 Å². The first-order valence-electron chi connectivity index (χ1n) is 11.3. The van der Waals surface area contributed by atoms with E-state index in [0.29, 0.717) is 30.8 Å². The Hall–Kier alpha value is -0.950. The first kappa shape index (κ1) is 20.0. The van der Waals surface area contributed by atoms with Crippen LogP contribution in [0.4, 0.5) is 0 Å². The molecule has 1 heterocycles. The van der Waals surface area contributed by atoms with Crippen molar-refractivity contribution in [2.75, 3.05) is 6.61 Å². The van der Waals surface area contributed by atoms with Crippen LogP contribution in [0.1, 0.15) is 65.2 Å². The molecule has 6 heteroatoms. The first-order chi connectivity index (χ1) is 13.5. The van der Waals surface area contributed by atoms with Gasteiger partial charge in [-0.05, 0) is 85.5 Å². The minimum absolute atomic E-state index is 0.00302. The highest BCUT2D eigenvalue weighted by Gasteiger charge is 2.71. The van der Waals surface area contributed by atoms with Gasteiger partial charge < -0.3 is 25.2 Å². The van der Waals surface area contributed by atoms with Gasteiger partial charge >= 0.3 is 5.97 Å². The minimum atomic E-state index is -2.51. The Balaban J connectivity index is 1.49. The number of hydrogen-bond donors (Lipinski definition) is 4. The number of carbonyl (C=O) groups excluding carboxylic acids is 1. The van der Waals surface area contributed by atoms with E-state index in [1.807, 2.05) is 6.92 Å². The second-order valence-electron chi connectivity index (χ2n) is 11.0. The number of aliphatic hydroxyl groups is 4. The summed E-state index contributed by atoms with van der Waals surface area (Å²) in [5, 5.41) is 43.0. The molecule has 0 radical (unpaired) electrons. The van der Waals surface area contributed by atoms with Gasteiger partial charge in [0.05, 0.1) is 0 Å². The van der Waals surface area contributed by atoms with E-state index in [1.54, 1.807) is 6.08 Å². The highest BCUT2D eigenvalue weighted by Crippen LogP contribution is 2.70. The molecular formula is C23H34O6. The van der Waals surface area contributed by atoms with Crippen molar-refractivity contribution < 1.29 is 30.0 Å². The maximum Gasteiger partial charge on any atom is 0.331 e. The van der Waals surface area contributed by atoms with Gasteiger partial charge in [-0.1, -0.05) is 13.8 Å². The zero-order chi connectivity index (χ0) is 20.8. The third kappa shape index (κ3) is 2.40. The van der Waals surface area contributed by atoms with E-state index in [9.17, 15) is 25.2 Å². The number of esters is 1. The van der Waals surface area contributed by atoms with Gasteiger partial charge in [0.2, 0.25) is 11.6 Å². The lowest BCUT2D eigenvalue weighted by atomic mass is 9.42. The van der Waals surface area contributed by atoms with Gasteiger partial charge in [-0.15, -0.1) is 0 Å². The monoisotopic (exact) mass is 406 g/mol. The average Bonchev–Trinajstić information content (AvgIpc) is 3.22. The van der Waals surface area contributed by atoms with E-state index >= 15 is 0 Å². The lowest BCUT2D eigenvalue weighted by Gasteiger charge is -2.65. The summed E-state index contributed by atoms with van der Waals surface area (Å²) < 4.78 is 5.19. The van der Waals surface area contributed by atoms with Gasteiger partial charge in [-0.25, -0.2) is 4.79 Å². The second-order valence-corrected chi connectivity index (χ2v) is 11.0. The SMILES string of the molecule is C[C@]12CC[C@H]3[C@@H](CCC4CCC(O)(O)C(O)(O)[C@@]43C)[C@H]1CC[C@@H]2C1=CC(=O)OC1. The van der Waals surface area contributed by atoms with Crippen LogP contribution in [0.15, 0.2) is 11.6 Å². The van der Waals surface area contributed by atoms with Crippen molar-refractivity contribution in [2.24, 2.45) is 40.4 Å². The summed E-state index contributed by atoms with van der Waals surface area (Å²) in [7, 11) is 0. The largest absolute Gasteiger partial charge is 0.458 e. The molecule has 5 rings (SSSR count). The predicted molar refractivity (Wildman–Crippen MR) is 104 cm³/mol. The molecule has 0 aromatic carbocycles. The molecule has 0 amide bonds. The van der Waals surface area contributed by atoms with Crippen LogP contribution in [0, 0.1) is 40.4 Å². The standard InChI is InChI=1S/C23H34O6/c1-20-9-8-18-15(17(20)6-5-16(20)13-11-19(24)29-12-13)4-3-14-7-10-22(25,26)23(27,28)21(14,18)2/h11,14-18,25-28H,3-10,12H2,1-2H3/t14?,15-,16+,17+,18-,20+,21-/m0/s1. The Bertz CT molecular complexity index is 756. The zero-order valence-electron chi connectivity index (χ0n) is 17.4. The summed E-state index contributed by atoms with van der Waals surface area (Å²) in [6.07, 6.45) is 8.18. The number of rotatable bonds is 1. The molecule has 0 spiro atoms. The van der Waals surface area contributed by atoms with Crippen molar-refractivity contribution >= 4 is 5.97 Å². The van der Waals surface area contributed by atoms with Gasteiger partial charge in [0.25, 0.3) is 0 Å². The quantitative estimate of drug-likeness (QED) is 0.392. The average molecular weight is 407 g/mol. The smallest absolute Gasteiger partial charge is 0.331 e. The first-order valence-corrected chi connectivity index (χ1v) is 11.3. The van der Waals surface area contributed by atoms with Gasteiger partial charge in [0, 0.05) is 17.9 Å². The van der Waals surface area contributed by atoms with Crippen molar-refractivity contribution in [3.63, 3.8) is 0 Å². The van der Waals surface area contributed by atoms with Gasteiger partial charge in [0.15, 0.2) is 0 Å². The maximum atomic E-state index is 11.6. The van der Waals surface area contributed by atoms with Crippen molar-refractivity contribution in [2.45, 2.75) is 76.8 Å². The van der Waals surface area contributed by atoms with Crippen molar-refractivity contribution in [3.8, 4) is 0 Å². The highest BCUT2D eigenvalue weighted by molar-refractivity contribution is 5.85. The molecule has 4 saturated carbocycles. The zero-order valence-corrected chi connectivity index (χ0v) is 17.4. The van der Waals surface area contributed by atoms with Crippen molar-refractivity contribution in [1.29, 1.82) is 0 Å². The van der Waals surface area contributed by atoms with Crippen molar-refractivity contribution in [3.05, 3.63) is 11.6 Å². The lowest BCUT2D eigenvalue weighted by molar-refractivity contribution is -0.436. The van der Waals surface area contributed by atoms with E-state index in [-0.39, 0.29) is 29.6 Å². The molecular weight excluding hydrogens is 372 g/mol. The summed E-state index contributed by atoms with van der Waals surface area (Å²) in [4.78, 5) is 11.6. The molecule has 1 unspecified atom stereocenters. The van der Waals surface area contributed by atoms with E-state index in [1.165, 1.54) is 0 Å². The highest BCUT2D eigenvalue weighted by atomic mass is 16.6. The van der Waals surface area contributed by atoms with Crippen LogP contribution in [0.2, 0.25) is 0 Å². The molecule has 6 nitrogen and oxygen atoms in total. The molecule has 0 aromatic rings. The molecule has 4 N–H and O–H groups in total. The Kier molecular flexibility index (Phi) is 4.17. The molecule has 5 aliphatic rings. The molecule has 1 aliphatic heterocycles. The second kappa shape index (κ2) is 6.06. The molecule has 162 valence electrons. The molecule has 0 saturated heterocycles. The van der Waals surface area contributed by atoms with Gasteiger partial charge in [-0.2, -0.15) is 0 Å². The third-order valence-electron chi connectivity index (χ3n) is 10.2. The summed E-state index contributed by atoms with van der Waals surface area (Å²) in [6, 6.07) is 0. The van der Waals surface area contributed by atoms with Crippen LogP contribution in [0.3, 0.4) is 0 Å². The molecule has 0 bridgehead atoms. The van der Waals surface area contributed by atoms with Crippen LogP contribution in [0.25, 0.3) is 0 Å². The molecule has 7 atom stereocenters. The number of hydrogen-bond acceptors (Lipinski definition) is 6. The van der Waals surface area contributed by atoms with Crippen molar-refractivity contribution in [1.82, 2.24) is 0 Å². The van der Waals surface area contributed by atoms with E-state index in [0.717, 1.165) is 44.1 Å². The number of fused-ring (bicyclic) bond motifs is 5. The van der Waals surface area contributed by atoms with Gasteiger partial charge in [0.1, 0.15) is 6.61 Å². The van der Waals surface area contributed by atoms with E-state index in [4.69, 9.17) is 4.74 Å². The summed E-state index contributed by atoms with van der Waals surface area (Å²) >= 11 is 0. The summed E-state index contributed by atoms with van der Waals surface area (Å²) in [6.45, 7) is 4.64. The lowest BCUT2D eigenvalue weighted by Crippen LogP contribution is -2.73. The van der Waals surface area contributed by atoms with Gasteiger partial charge in [-0.3, -0.25) is 0 Å². The van der Waals surface area contributed by atoms with Crippen LogP contribution < -0.4 is 0 Å². The normalized spacial score (nSPS) is 50.2. The number of ether oxygens (including phenoxy) is 1. The number of carbonyl (C=O) groups is 1. The fourth-order valence-corrected chi connectivity index (χ4v) is 8.60. The molecule has 0 aromatic heterocycles. The minimum Gasteiger partial charge on any atom is -0.458 e. The van der Waals surface area contributed by atoms with Crippen LogP contribution >= 0.6 is 0 Å². The molecule has 4 fully saturated rings. The fraction of sp³-hybridized carbons (Fsp3) is 0.870. The molecule has 29 heavy (non-hydrogen) atoms. The topological polar surface area (TPSA) is 107 Å². The third-order valence-corrected chi connectivity index (χ3v) is 10.2. The van der Waals surface area contributed by atoms with E-state index < -0.39 is 17.0 Å². The number of cyclic esters (lactones) is 1. The Morgan fingerprint density at radius 1 is 0.931 bits per heavy atom. The van der Waals surface area contributed by atoms with Crippen LogP contribution in [-0.2, 0) is 9.53 Å². The Morgan fingerprint density at radius 2 is 1.69 bits per heavy atom. The van der Waals surface area contributed by atoms with Crippen LogP contribution in [-0.4, -0.2) is 44.6 Å². The maximum absolute atomic E-state index is 11.6. The van der Waals surface area contributed by atoms with E-state index in [2.05, 4.69) is 6.92 Å². The summed E-state index contributed by atoms with van der Waals surface area (Å²) in [5.74, 6) is -3.92. The predicted octanol–water partition coefficient (Wildman–Crippen LogP) is 2.10. The fourth-order valence-electron chi connectivity index (χ4n) is 8.60. The summed E-state index contributed by atoms with van der Waals surface area (Å²) in [5.41, 5.74) is 0.282.